The Morgan fingerprint density at radius 2 is 2.05 bits per heavy atom. The van der Waals surface area contributed by atoms with E-state index in [9.17, 15) is 0 Å². The topological polar surface area (TPSA) is 43.3 Å². The van der Waals surface area contributed by atoms with Gasteiger partial charge in [-0.1, -0.05) is 23.7 Å². The van der Waals surface area contributed by atoms with E-state index in [2.05, 4.69) is 10.1 Å². The van der Waals surface area contributed by atoms with Crippen LogP contribution >= 0.6 is 11.6 Å². The first-order valence-corrected chi connectivity index (χ1v) is 7.26. The second-order valence-electron chi connectivity index (χ2n) is 5.01. The van der Waals surface area contributed by atoms with E-state index in [1.807, 2.05) is 53.9 Å². The van der Waals surface area contributed by atoms with Crippen LogP contribution in [0.15, 0.2) is 59.3 Å². The third-order valence-electron chi connectivity index (χ3n) is 3.58. The van der Waals surface area contributed by atoms with Crippen LogP contribution in [0, 0.1) is 6.92 Å². The van der Waals surface area contributed by atoms with Gasteiger partial charge in [-0.3, -0.25) is 0 Å². The van der Waals surface area contributed by atoms with Gasteiger partial charge in [0, 0.05) is 16.8 Å². The van der Waals surface area contributed by atoms with Crippen molar-refractivity contribution >= 4 is 17.2 Å². The Bertz CT molecular complexity index is 957. The van der Waals surface area contributed by atoms with Crippen LogP contribution in [0.25, 0.3) is 28.2 Å². The van der Waals surface area contributed by atoms with Gasteiger partial charge in [0.05, 0.1) is 12.0 Å². The first-order chi connectivity index (χ1) is 10.7. The summed E-state index contributed by atoms with van der Waals surface area (Å²) in [6.45, 7) is 1.97. The van der Waals surface area contributed by atoms with Crippen LogP contribution in [-0.4, -0.2) is 14.6 Å². The van der Waals surface area contributed by atoms with Crippen LogP contribution in [0.4, 0.5) is 0 Å². The molecule has 0 fully saturated rings. The third-order valence-corrected chi connectivity index (χ3v) is 3.82. The molecular formula is C17H12ClN3O. The zero-order valence-electron chi connectivity index (χ0n) is 11.8. The molecule has 22 heavy (non-hydrogen) atoms. The third kappa shape index (κ3) is 2.00. The number of hydrogen-bond acceptors (Lipinski definition) is 3. The number of nitrogens with zero attached hydrogens (tertiary/aromatic N) is 3. The SMILES string of the molecule is Cc1nn2c(-c3ccco3)ccnc2c1-c1cccc(Cl)c1. The fourth-order valence-corrected chi connectivity index (χ4v) is 2.83. The number of rotatable bonds is 2. The van der Waals surface area contributed by atoms with Gasteiger partial charge < -0.3 is 4.42 Å². The average molecular weight is 310 g/mol. The summed E-state index contributed by atoms with van der Waals surface area (Å²) in [5.41, 5.74) is 4.54. The maximum absolute atomic E-state index is 6.12. The van der Waals surface area contributed by atoms with Gasteiger partial charge in [0.2, 0.25) is 0 Å². The molecule has 5 heteroatoms. The van der Waals surface area contributed by atoms with Crippen LogP contribution in [-0.2, 0) is 0 Å². The molecular weight excluding hydrogens is 298 g/mol. The van der Waals surface area contributed by atoms with E-state index < -0.39 is 0 Å². The van der Waals surface area contributed by atoms with Crippen molar-refractivity contribution in [2.75, 3.05) is 0 Å². The highest BCUT2D eigenvalue weighted by atomic mass is 35.5. The van der Waals surface area contributed by atoms with Gasteiger partial charge in [0.1, 0.15) is 5.69 Å². The maximum Gasteiger partial charge on any atom is 0.163 e. The number of furan rings is 1. The zero-order valence-corrected chi connectivity index (χ0v) is 12.6. The highest BCUT2D eigenvalue weighted by Gasteiger charge is 2.16. The van der Waals surface area contributed by atoms with E-state index >= 15 is 0 Å². The lowest BCUT2D eigenvalue weighted by molar-refractivity contribution is 0.577. The Kier molecular flexibility index (Phi) is 2.98. The molecule has 4 aromatic rings. The van der Waals surface area contributed by atoms with Crippen molar-refractivity contribution in [3.8, 4) is 22.6 Å². The molecule has 0 aliphatic heterocycles. The molecule has 0 saturated heterocycles. The van der Waals surface area contributed by atoms with E-state index in [-0.39, 0.29) is 0 Å². The van der Waals surface area contributed by atoms with Crippen molar-refractivity contribution in [3.63, 3.8) is 0 Å². The molecule has 0 saturated carbocycles. The molecule has 1 aromatic carbocycles. The van der Waals surface area contributed by atoms with Crippen LogP contribution in [0.5, 0.6) is 0 Å². The van der Waals surface area contributed by atoms with E-state index in [1.54, 1.807) is 12.5 Å². The first-order valence-electron chi connectivity index (χ1n) is 6.88. The summed E-state index contributed by atoms with van der Waals surface area (Å²) in [4.78, 5) is 4.49. The molecule has 108 valence electrons. The lowest BCUT2D eigenvalue weighted by atomic mass is 10.1. The highest BCUT2D eigenvalue weighted by Crippen LogP contribution is 2.31. The minimum Gasteiger partial charge on any atom is -0.463 e. The molecule has 0 amide bonds. The average Bonchev–Trinajstić information content (AvgIpc) is 3.13. The largest absolute Gasteiger partial charge is 0.463 e. The summed E-state index contributed by atoms with van der Waals surface area (Å²) in [6.07, 6.45) is 3.41. The Morgan fingerprint density at radius 1 is 1.14 bits per heavy atom. The van der Waals surface area contributed by atoms with Crippen molar-refractivity contribution in [2.45, 2.75) is 6.92 Å². The molecule has 3 heterocycles. The van der Waals surface area contributed by atoms with Gasteiger partial charge in [-0.15, -0.1) is 0 Å². The number of aromatic nitrogens is 3. The number of aryl methyl sites for hydroxylation is 1. The normalized spacial score (nSPS) is 11.2. The molecule has 0 atom stereocenters. The highest BCUT2D eigenvalue weighted by molar-refractivity contribution is 6.30. The molecule has 0 bridgehead atoms. The number of fused-ring (bicyclic) bond motifs is 1. The molecule has 0 aliphatic rings. The van der Waals surface area contributed by atoms with Gasteiger partial charge in [0.15, 0.2) is 11.4 Å². The molecule has 0 spiro atoms. The smallest absolute Gasteiger partial charge is 0.163 e. The Hall–Kier alpha value is -2.59. The summed E-state index contributed by atoms with van der Waals surface area (Å²) in [6, 6.07) is 13.4. The van der Waals surface area contributed by atoms with Crippen LogP contribution in [0.2, 0.25) is 5.02 Å². The van der Waals surface area contributed by atoms with Gasteiger partial charge in [-0.25, -0.2) is 9.50 Å². The monoisotopic (exact) mass is 309 g/mol. The van der Waals surface area contributed by atoms with Gasteiger partial charge in [-0.05, 0) is 42.8 Å². The summed E-state index contributed by atoms with van der Waals surface area (Å²) in [5, 5.41) is 5.32. The second-order valence-corrected chi connectivity index (χ2v) is 5.45. The van der Waals surface area contributed by atoms with Crippen molar-refractivity contribution in [1.29, 1.82) is 0 Å². The Balaban J connectivity index is 2.02. The predicted octanol–water partition coefficient (Wildman–Crippen LogP) is 4.62. The predicted molar refractivity (Wildman–Crippen MR) is 85.9 cm³/mol. The lowest BCUT2D eigenvalue weighted by Crippen LogP contribution is -1.94. The summed E-state index contributed by atoms with van der Waals surface area (Å²) >= 11 is 6.12. The lowest BCUT2D eigenvalue weighted by Gasteiger charge is -2.03. The molecule has 0 aliphatic carbocycles. The van der Waals surface area contributed by atoms with Crippen LogP contribution in [0.1, 0.15) is 5.69 Å². The van der Waals surface area contributed by atoms with Gasteiger partial charge in [0.25, 0.3) is 0 Å². The number of hydrogen-bond donors (Lipinski definition) is 0. The number of benzene rings is 1. The van der Waals surface area contributed by atoms with Crippen LogP contribution < -0.4 is 0 Å². The Labute approximate surface area is 132 Å². The van der Waals surface area contributed by atoms with Crippen molar-refractivity contribution in [2.24, 2.45) is 0 Å². The first kappa shape index (κ1) is 13.1. The van der Waals surface area contributed by atoms with Crippen molar-refractivity contribution < 1.29 is 4.42 Å². The minimum atomic E-state index is 0.693. The summed E-state index contributed by atoms with van der Waals surface area (Å²) < 4.78 is 7.30. The molecule has 4 nitrogen and oxygen atoms in total. The molecule has 0 radical (unpaired) electrons. The van der Waals surface area contributed by atoms with Crippen molar-refractivity contribution in [1.82, 2.24) is 14.6 Å². The summed E-state index contributed by atoms with van der Waals surface area (Å²) in [5.74, 6) is 0.757. The molecule has 0 N–H and O–H groups in total. The molecule has 0 unspecified atom stereocenters. The molecule has 3 aromatic heterocycles. The van der Waals surface area contributed by atoms with Crippen LogP contribution in [0.3, 0.4) is 0 Å². The fourth-order valence-electron chi connectivity index (χ4n) is 2.64. The van der Waals surface area contributed by atoms with Gasteiger partial charge >= 0.3 is 0 Å². The second kappa shape index (κ2) is 5.00. The standard InChI is InChI=1S/C17H12ClN3O/c1-11-16(12-4-2-5-13(18)10-12)17-19-8-7-14(21(17)20-11)15-6-3-9-22-15/h2-10H,1H3. The quantitative estimate of drug-likeness (QED) is 0.542. The van der Waals surface area contributed by atoms with Gasteiger partial charge in [-0.2, -0.15) is 5.10 Å². The van der Waals surface area contributed by atoms with E-state index in [4.69, 9.17) is 16.0 Å². The maximum atomic E-state index is 6.12. The van der Waals surface area contributed by atoms with E-state index in [0.717, 1.165) is 33.9 Å². The van der Waals surface area contributed by atoms with Crippen molar-refractivity contribution in [3.05, 3.63) is 65.6 Å². The van der Waals surface area contributed by atoms with E-state index in [1.165, 1.54) is 0 Å². The van der Waals surface area contributed by atoms with E-state index in [0.29, 0.717) is 5.02 Å². The molecule has 4 rings (SSSR count). The minimum absolute atomic E-state index is 0.693. The number of halogens is 1. The Morgan fingerprint density at radius 3 is 2.82 bits per heavy atom. The zero-order chi connectivity index (χ0) is 15.1. The fraction of sp³-hybridized carbons (Fsp3) is 0.0588. The summed E-state index contributed by atoms with van der Waals surface area (Å²) in [7, 11) is 0.